The molecule has 8 heteroatoms. The van der Waals surface area contributed by atoms with E-state index in [1.807, 2.05) is 77.0 Å². The maximum atomic E-state index is 12.5. The van der Waals surface area contributed by atoms with Gasteiger partial charge in [-0.25, -0.2) is 0 Å². The summed E-state index contributed by atoms with van der Waals surface area (Å²) in [7, 11) is 0. The third-order valence-electron chi connectivity index (χ3n) is 5.27. The minimum atomic E-state index is -0.217. The van der Waals surface area contributed by atoms with Crippen LogP contribution in [0.1, 0.15) is 15.2 Å². The van der Waals surface area contributed by atoms with E-state index in [1.165, 1.54) is 11.3 Å². The van der Waals surface area contributed by atoms with Crippen molar-refractivity contribution >= 4 is 57.9 Å². The monoisotopic (exact) mass is 476 g/mol. The summed E-state index contributed by atoms with van der Waals surface area (Å²) in [6.07, 6.45) is 3.50. The number of nitrogens with zero attached hydrogens (tertiary/aromatic N) is 2. The highest BCUT2D eigenvalue weighted by Gasteiger charge is 2.20. The Morgan fingerprint density at radius 2 is 1.64 bits per heavy atom. The van der Waals surface area contributed by atoms with E-state index in [4.69, 9.17) is 12.2 Å². The van der Waals surface area contributed by atoms with E-state index in [-0.39, 0.29) is 16.9 Å². The summed E-state index contributed by atoms with van der Waals surface area (Å²) >= 11 is 6.61. The predicted octanol–water partition coefficient (Wildman–Crippen LogP) is 4.24. The van der Waals surface area contributed by atoms with Gasteiger partial charge in [-0.2, -0.15) is 0 Å². The summed E-state index contributed by atoms with van der Waals surface area (Å²) in [5, 5.41) is 7.83. The molecule has 168 valence electrons. The lowest BCUT2D eigenvalue weighted by Crippen LogP contribution is -2.48. The first-order valence-electron chi connectivity index (χ1n) is 10.6. The molecule has 0 unspecified atom stereocenters. The summed E-state index contributed by atoms with van der Waals surface area (Å²) in [6, 6.07) is 21.3. The fraction of sp³-hybridized carbons (Fsp3) is 0.160. The minimum absolute atomic E-state index is 0.0381. The van der Waals surface area contributed by atoms with Gasteiger partial charge in [-0.3, -0.25) is 14.9 Å². The molecule has 0 radical (unpaired) electrons. The van der Waals surface area contributed by atoms with Gasteiger partial charge in [0.05, 0.1) is 4.88 Å². The Kier molecular flexibility index (Phi) is 7.49. The first kappa shape index (κ1) is 22.7. The fourth-order valence-corrected chi connectivity index (χ4v) is 4.34. The van der Waals surface area contributed by atoms with Crippen molar-refractivity contribution in [2.45, 2.75) is 0 Å². The molecule has 6 nitrogen and oxygen atoms in total. The highest BCUT2D eigenvalue weighted by Crippen LogP contribution is 2.20. The zero-order valence-corrected chi connectivity index (χ0v) is 19.6. The van der Waals surface area contributed by atoms with E-state index in [0.29, 0.717) is 18.0 Å². The first-order chi connectivity index (χ1) is 16.1. The van der Waals surface area contributed by atoms with E-state index >= 15 is 0 Å². The Hall–Kier alpha value is -3.49. The van der Waals surface area contributed by atoms with Crippen molar-refractivity contribution in [2.75, 3.05) is 36.4 Å². The van der Waals surface area contributed by atoms with Gasteiger partial charge in [-0.15, -0.1) is 11.3 Å². The number of hydrogen-bond acceptors (Lipinski definition) is 5. The molecule has 33 heavy (non-hydrogen) atoms. The van der Waals surface area contributed by atoms with E-state index < -0.39 is 0 Å². The highest BCUT2D eigenvalue weighted by molar-refractivity contribution is 7.80. The number of carbonyl (C=O) groups excluding carboxylic acids is 2. The van der Waals surface area contributed by atoms with Gasteiger partial charge in [-0.1, -0.05) is 36.4 Å². The molecule has 1 aliphatic heterocycles. The van der Waals surface area contributed by atoms with Crippen LogP contribution in [0.5, 0.6) is 0 Å². The smallest absolute Gasteiger partial charge is 0.267 e. The summed E-state index contributed by atoms with van der Waals surface area (Å²) in [5.41, 5.74) is 2.90. The molecule has 0 atom stereocenters. The number of thiophene rings is 1. The molecule has 4 rings (SSSR count). The molecular formula is C25H24N4O2S2. The van der Waals surface area contributed by atoms with Crippen molar-refractivity contribution in [3.8, 4) is 0 Å². The summed E-state index contributed by atoms with van der Waals surface area (Å²) in [4.78, 5) is 29.3. The standard InChI is InChI=1S/C25H24N4O2S2/c30-23(13-8-19-5-2-1-3-6-19)29-16-14-28(15-17-29)21-11-9-20(10-12-21)26-25(32)27-24(31)22-7-4-18-33-22/h1-13,18H,14-17H2,(H2,26,27,31,32)/b13-8+. The first-order valence-corrected chi connectivity index (χ1v) is 11.9. The number of thiocarbonyl (C=S) groups is 1. The summed E-state index contributed by atoms with van der Waals surface area (Å²) < 4.78 is 0. The molecule has 2 heterocycles. The van der Waals surface area contributed by atoms with Crippen molar-refractivity contribution in [1.82, 2.24) is 10.2 Å². The van der Waals surface area contributed by atoms with Crippen LogP contribution in [-0.4, -0.2) is 48.0 Å². The second-order valence-electron chi connectivity index (χ2n) is 7.49. The quantitative estimate of drug-likeness (QED) is 0.426. The van der Waals surface area contributed by atoms with Crippen LogP contribution >= 0.6 is 23.6 Å². The number of hydrogen-bond donors (Lipinski definition) is 2. The second-order valence-corrected chi connectivity index (χ2v) is 8.84. The number of rotatable bonds is 5. The zero-order chi connectivity index (χ0) is 23.0. The number of anilines is 2. The van der Waals surface area contributed by atoms with Crippen LogP contribution in [0.3, 0.4) is 0 Å². The highest BCUT2D eigenvalue weighted by atomic mass is 32.1. The topological polar surface area (TPSA) is 64.7 Å². The molecule has 2 aromatic carbocycles. The van der Waals surface area contributed by atoms with Crippen LogP contribution in [0.2, 0.25) is 0 Å². The van der Waals surface area contributed by atoms with Gasteiger partial charge in [-0.05, 0) is 59.6 Å². The average molecular weight is 477 g/mol. The largest absolute Gasteiger partial charge is 0.368 e. The molecule has 2 N–H and O–H groups in total. The number of piperazine rings is 1. The van der Waals surface area contributed by atoms with Gasteiger partial charge in [0.2, 0.25) is 5.91 Å². The molecule has 1 aromatic heterocycles. The van der Waals surface area contributed by atoms with Gasteiger partial charge >= 0.3 is 0 Å². The SMILES string of the molecule is O=C(NC(=S)Nc1ccc(N2CCN(C(=O)/C=C/c3ccccc3)CC2)cc1)c1cccs1. The number of nitrogens with one attached hydrogen (secondary N) is 2. The Balaban J connectivity index is 1.25. The van der Waals surface area contributed by atoms with E-state index in [1.54, 1.807) is 12.1 Å². The van der Waals surface area contributed by atoms with E-state index in [2.05, 4.69) is 15.5 Å². The molecular weight excluding hydrogens is 452 g/mol. The van der Waals surface area contributed by atoms with E-state index in [9.17, 15) is 9.59 Å². The van der Waals surface area contributed by atoms with Gasteiger partial charge in [0, 0.05) is 43.6 Å². The molecule has 0 aliphatic carbocycles. The molecule has 1 aliphatic rings. The Bertz CT molecular complexity index is 1120. The van der Waals surface area contributed by atoms with Crippen LogP contribution in [0.25, 0.3) is 6.08 Å². The Morgan fingerprint density at radius 1 is 0.909 bits per heavy atom. The van der Waals surface area contributed by atoms with Crippen molar-refractivity contribution < 1.29 is 9.59 Å². The fourth-order valence-electron chi connectivity index (χ4n) is 3.51. The molecule has 0 spiro atoms. The lowest BCUT2D eigenvalue weighted by Gasteiger charge is -2.35. The predicted molar refractivity (Wildman–Crippen MR) is 139 cm³/mol. The van der Waals surface area contributed by atoms with E-state index in [0.717, 1.165) is 30.0 Å². The third kappa shape index (κ3) is 6.27. The van der Waals surface area contributed by atoms with Crippen molar-refractivity contribution in [3.63, 3.8) is 0 Å². The number of carbonyl (C=O) groups is 2. The van der Waals surface area contributed by atoms with Gasteiger partial charge in [0.15, 0.2) is 5.11 Å². The number of amides is 2. The van der Waals surface area contributed by atoms with Crippen LogP contribution < -0.4 is 15.5 Å². The lowest BCUT2D eigenvalue weighted by molar-refractivity contribution is -0.126. The molecule has 1 saturated heterocycles. The van der Waals surface area contributed by atoms with Crippen LogP contribution in [0, 0.1) is 0 Å². The maximum absolute atomic E-state index is 12.5. The zero-order valence-electron chi connectivity index (χ0n) is 17.9. The van der Waals surface area contributed by atoms with Gasteiger partial charge in [0.1, 0.15) is 0 Å². The van der Waals surface area contributed by atoms with Crippen molar-refractivity contribution in [1.29, 1.82) is 0 Å². The maximum Gasteiger partial charge on any atom is 0.267 e. The van der Waals surface area contributed by atoms with Crippen molar-refractivity contribution in [3.05, 3.63) is 88.6 Å². The normalized spacial score (nSPS) is 13.7. The van der Waals surface area contributed by atoms with Crippen LogP contribution in [0.4, 0.5) is 11.4 Å². The number of benzene rings is 2. The molecule has 3 aromatic rings. The minimum Gasteiger partial charge on any atom is -0.368 e. The van der Waals surface area contributed by atoms with Gasteiger partial charge in [0.25, 0.3) is 5.91 Å². The summed E-state index contributed by atoms with van der Waals surface area (Å²) in [6.45, 7) is 2.90. The molecule has 2 amide bonds. The third-order valence-corrected chi connectivity index (χ3v) is 6.34. The van der Waals surface area contributed by atoms with Gasteiger partial charge < -0.3 is 15.1 Å². The average Bonchev–Trinajstić information content (AvgIpc) is 3.39. The van der Waals surface area contributed by atoms with Crippen molar-refractivity contribution in [2.24, 2.45) is 0 Å². The lowest BCUT2D eigenvalue weighted by atomic mass is 10.2. The Morgan fingerprint density at radius 3 is 2.30 bits per heavy atom. The van der Waals surface area contributed by atoms with Crippen LogP contribution in [0.15, 0.2) is 78.2 Å². The van der Waals surface area contributed by atoms with Crippen LogP contribution in [-0.2, 0) is 4.79 Å². The molecule has 0 bridgehead atoms. The molecule has 1 fully saturated rings. The Labute approximate surface area is 202 Å². The molecule has 0 saturated carbocycles. The second kappa shape index (κ2) is 10.9. The summed E-state index contributed by atoms with van der Waals surface area (Å²) in [5.74, 6) is -0.179.